The van der Waals surface area contributed by atoms with Crippen LogP contribution in [-0.2, 0) is 19.5 Å². The topological polar surface area (TPSA) is 61.9 Å². The largest absolute Gasteiger partial charge is 0.306 e. The minimum atomic E-state index is -0.0680. The molecular formula is C15H12Cl2N4OS2. The lowest BCUT2D eigenvalue weighted by Gasteiger charge is -2.27. The summed E-state index contributed by atoms with van der Waals surface area (Å²) in [6.07, 6.45) is 0.738. The highest BCUT2D eigenvalue weighted by molar-refractivity contribution is 7.16. The van der Waals surface area contributed by atoms with E-state index in [4.69, 9.17) is 23.2 Å². The maximum atomic E-state index is 12.5. The van der Waals surface area contributed by atoms with Gasteiger partial charge in [-0.05, 0) is 11.4 Å². The van der Waals surface area contributed by atoms with Crippen molar-refractivity contribution in [3.8, 4) is 10.7 Å². The van der Waals surface area contributed by atoms with Crippen LogP contribution in [0.15, 0.2) is 22.3 Å². The maximum Gasteiger partial charge on any atom is 0.255 e. The number of rotatable bonds is 3. The van der Waals surface area contributed by atoms with Crippen molar-refractivity contribution in [1.29, 1.82) is 0 Å². The van der Waals surface area contributed by atoms with Crippen molar-refractivity contribution in [1.82, 2.24) is 19.9 Å². The summed E-state index contributed by atoms with van der Waals surface area (Å²) in [6.45, 7) is 2.00. The molecule has 0 bridgehead atoms. The fourth-order valence-electron chi connectivity index (χ4n) is 2.75. The van der Waals surface area contributed by atoms with Crippen molar-refractivity contribution in [2.75, 3.05) is 6.54 Å². The molecule has 124 valence electrons. The molecule has 0 spiro atoms. The standard InChI is InChI=1S/C15H12Cl2N4OS2/c16-12-11(24-15(17)19-12)7-21-4-3-9-8(6-21)14(22)20-13(18-9)10-2-1-5-23-10/h1-2,5H,3-4,6-7H2,(H,18,20,22). The predicted octanol–water partition coefficient (Wildman–Crippen LogP) is 3.82. The molecule has 0 amide bonds. The third kappa shape index (κ3) is 3.14. The van der Waals surface area contributed by atoms with E-state index in [1.54, 1.807) is 11.3 Å². The van der Waals surface area contributed by atoms with Gasteiger partial charge < -0.3 is 4.98 Å². The quantitative estimate of drug-likeness (QED) is 0.728. The Balaban J connectivity index is 1.59. The molecule has 4 rings (SSSR count). The lowest BCUT2D eigenvalue weighted by Crippen LogP contribution is -2.35. The number of halogens is 2. The molecule has 3 aromatic rings. The maximum absolute atomic E-state index is 12.5. The van der Waals surface area contributed by atoms with Crippen molar-refractivity contribution in [3.05, 3.63) is 53.6 Å². The molecule has 24 heavy (non-hydrogen) atoms. The summed E-state index contributed by atoms with van der Waals surface area (Å²) in [5, 5.41) is 2.41. The third-order valence-electron chi connectivity index (χ3n) is 3.89. The zero-order valence-corrected chi connectivity index (χ0v) is 15.5. The molecule has 0 radical (unpaired) electrons. The number of thiazole rings is 1. The third-order valence-corrected chi connectivity index (χ3v) is 6.34. The molecule has 9 heteroatoms. The molecule has 3 aromatic heterocycles. The zero-order chi connectivity index (χ0) is 16.7. The molecule has 5 nitrogen and oxygen atoms in total. The number of thiophene rings is 1. The molecule has 1 aliphatic heterocycles. The fourth-order valence-corrected chi connectivity index (χ4v) is 4.86. The number of hydrogen-bond donors (Lipinski definition) is 1. The van der Waals surface area contributed by atoms with Gasteiger partial charge in [-0.25, -0.2) is 9.97 Å². The second-order valence-electron chi connectivity index (χ2n) is 5.46. The average Bonchev–Trinajstić information content (AvgIpc) is 3.18. The van der Waals surface area contributed by atoms with Crippen LogP contribution in [0.4, 0.5) is 0 Å². The Morgan fingerprint density at radius 2 is 2.21 bits per heavy atom. The highest BCUT2D eigenvalue weighted by Crippen LogP contribution is 2.29. The van der Waals surface area contributed by atoms with Crippen molar-refractivity contribution < 1.29 is 0 Å². The summed E-state index contributed by atoms with van der Waals surface area (Å²) in [4.78, 5) is 28.1. The van der Waals surface area contributed by atoms with Crippen LogP contribution < -0.4 is 5.56 Å². The summed E-state index contributed by atoms with van der Waals surface area (Å²) in [5.41, 5.74) is 1.54. The van der Waals surface area contributed by atoms with E-state index < -0.39 is 0 Å². The van der Waals surface area contributed by atoms with Crippen LogP contribution in [0.5, 0.6) is 0 Å². The Hall–Kier alpha value is -1.25. The smallest absolute Gasteiger partial charge is 0.255 e. The van der Waals surface area contributed by atoms with E-state index in [0.29, 0.717) is 28.5 Å². The SMILES string of the molecule is O=c1[nH]c(-c2cccs2)nc2c1CN(Cc1sc(Cl)nc1Cl)CC2. The number of hydrogen-bond acceptors (Lipinski definition) is 6. The lowest BCUT2D eigenvalue weighted by molar-refractivity contribution is 0.244. The van der Waals surface area contributed by atoms with Crippen LogP contribution >= 0.6 is 45.9 Å². The van der Waals surface area contributed by atoms with Gasteiger partial charge in [-0.2, -0.15) is 0 Å². The molecule has 0 saturated heterocycles. The van der Waals surface area contributed by atoms with Crippen LogP contribution in [0.2, 0.25) is 9.62 Å². The molecule has 4 heterocycles. The number of fused-ring (bicyclic) bond motifs is 1. The number of aromatic amines is 1. The normalized spacial score (nSPS) is 14.8. The first-order chi connectivity index (χ1) is 11.6. The van der Waals surface area contributed by atoms with Gasteiger partial charge in [0.2, 0.25) is 0 Å². The molecule has 0 saturated carbocycles. The predicted molar refractivity (Wildman–Crippen MR) is 98.1 cm³/mol. The second kappa shape index (κ2) is 6.57. The Morgan fingerprint density at radius 1 is 1.33 bits per heavy atom. The van der Waals surface area contributed by atoms with Crippen LogP contribution in [0.1, 0.15) is 16.1 Å². The van der Waals surface area contributed by atoms with Crippen molar-refractivity contribution >= 4 is 45.9 Å². The van der Waals surface area contributed by atoms with Gasteiger partial charge in [-0.3, -0.25) is 9.69 Å². The van der Waals surface area contributed by atoms with Crippen molar-refractivity contribution in [2.45, 2.75) is 19.5 Å². The zero-order valence-electron chi connectivity index (χ0n) is 12.4. The number of aromatic nitrogens is 3. The number of H-pyrrole nitrogens is 1. The Labute approximate surface area is 155 Å². The first-order valence-corrected chi connectivity index (χ1v) is 9.74. The van der Waals surface area contributed by atoms with Crippen LogP contribution in [0.25, 0.3) is 10.7 Å². The van der Waals surface area contributed by atoms with Crippen molar-refractivity contribution in [2.24, 2.45) is 0 Å². The van der Waals surface area contributed by atoms with Crippen LogP contribution in [0, 0.1) is 0 Å². The Morgan fingerprint density at radius 3 is 2.92 bits per heavy atom. The molecule has 1 N–H and O–H groups in total. The molecule has 0 unspecified atom stereocenters. The van der Waals surface area contributed by atoms with Gasteiger partial charge >= 0.3 is 0 Å². The molecular weight excluding hydrogens is 387 g/mol. The van der Waals surface area contributed by atoms with E-state index in [-0.39, 0.29) is 5.56 Å². The fraction of sp³-hybridized carbons (Fsp3) is 0.267. The van der Waals surface area contributed by atoms with E-state index in [1.807, 2.05) is 17.5 Å². The summed E-state index contributed by atoms with van der Waals surface area (Å²) >= 11 is 14.9. The number of nitrogens with zero attached hydrogens (tertiary/aromatic N) is 3. The van der Waals surface area contributed by atoms with E-state index in [0.717, 1.165) is 34.0 Å². The molecule has 0 atom stereocenters. The highest BCUT2D eigenvalue weighted by Gasteiger charge is 2.23. The molecule has 0 aromatic carbocycles. The Kier molecular flexibility index (Phi) is 4.44. The summed E-state index contributed by atoms with van der Waals surface area (Å²) in [5.74, 6) is 0.652. The van der Waals surface area contributed by atoms with Crippen LogP contribution in [-0.4, -0.2) is 26.4 Å². The van der Waals surface area contributed by atoms with Gasteiger partial charge in [-0.1, -0.05) is 29.3 Å². The lowest BCUT2D eigenvalue weighted by atomic mass is 10.1. The summed E-state index contributed by atoms with van der Waals surface area (Å²) in [7, 11) is 0. The van der Waals surface area contributed by atoms with Gasteiger partial charge in [0.15, 0.2) is 10.3 Å². The summed E-state index contributed by atoms with van der Waals surface area (Å²) < 4.78 is 0.438. The van der Waals surface area contributed by atoms with Gasteiger partial charge in [0.05, 0.1) is 21.0 Å². The first kappa shape index (κ1) is 16.2. The molecule has 0 fully saturated rings. The van der Waals surface area contributed by atoms with E-state index in [9.17, 15) is 4.79 Å². The van der Waals surface area contributed by atoms with Gasteiger partial charge in [0, 0.05) is 26.1 Å². The number of nitrogens with one attached hydrogen (secondary N) is 1. The molecule has 1 aliphatic rings. The van der Waals surface area contributed by atoms with Crippen molar-refractivity contribution in [3.63, 3.8) is 0 Å². The first-order valence-electron chi connectivity index (χ1n) is 7.29. The van der Waals surface area contributed by atoms with E-state index >= 15 is 0 Å². The monoisotopic (exact) mass is 398 g/mol. The minimum absolute atomic E-state index is 0.0680. The minimum Gasteiger partial charge on any atom is -0.306 e. The van der Waals surface area contributed by atoms with Crippen LogP contribution in [0.3, 0.4) is 0 Å². The summed E-state index contributed by atoms with van der Waals surface area (Å²) in [6, 6.07) is 3.91. The van der Waals surface area contributed by atoms with E-state index in [2.05, 4.69) is 19.9 Å². The van der Waals surface area contributed by atoms with Gasteiger partial charge in [0.25, 0.3) is 5.56 Å². The molecule has 0 aliphatic carbocycles. The Bertz CT molecular complexity index is 936. The highest BCUT2D eigenvalue weighted by atomic mass is 35.5. The average molecular weight is 399 g/mol. The van der Waals surface area contributed by atoms with E-state index in [1.165, 1.54) is 11.3 Å². The van der Waals surface area contributed by atoms with Gasteiger partial charge in [-0.15, -0.1) is 22.7 Å². The van der Waals surface area contributed by atoms with Gasteiger partial charge in [0.1, 0.15) is 5.15 Å². The second-order valence-corrected chi connectivity index (χ2v) is 8.43.